The van der Waals surface area contributed by atoms with E-state index in [9.17, 15) is 10.2 Å². The third-order valence-corrected chi connectivity index (χ3v) is 2.67. The molecule has 2 N–H and O–H groups in total. The van der Waals surface area contributed by atoms with Crippen LogP contribution in [0.2, 0.25) is 0 Å². The van der Waals surface area contributed by atoms with Gasteiger partial charge in [-0.25, -0.2) is 0 Å². The Bertz CT molecular complexity index is 521. The van der Waals surface area contributed by atoms with E-state index in [1.54, 1.807) is 25.1 Å². The van der Waals surface area contributed by atoms with Crippen LogP contribution in [0.3, 0.4) is 0 Å². The van der Waals surface area contributed by atoms with Crippen LogP contribution in [0.4, 0.5) is 0 Å². The van der Waals surface area contributed by atoms with Crippen molar-refractivity contribution < 1.29 is 14.9 Å². The van der Waals surface area contributed by atoms with Crippen molar-refractivity contribution in [1.82, 2.24) is 0 Å². The van der Waals surface area contributed by atoms with Gasteiger partial charge in [-0.05, 0) is 30.7 Å². The molecule has 0 aromatic heterocycles. The van der Waals surface area contributed by atoms with Crippen molar-refractivity contribution in [3.05, 3.63) is 59.7 Å². The molecule has 0 aliphatic heterocycles. The van der Waals surface area contributed by atoms with Gasteiger partial charge >= 0.3 is 0 Å². The third-order valence-electron chi connectivity index (χ3n) is 2.67. The van der Waals surface area contributed by atoms with Gasteiger partial charge in [0, 0.05) is 5.56 Å². The molecule has 0 aliphatic rings. The van der Waals surface area contributed by atoms with Gasteiger partial charge < -0.3 is 14.9 Å². The van der Waals surface area contributed by atoms with E-state index in [-0.39, 0.29) is 5.75 Å². The smallest absolute Gasteiger partial charge is 0.125 e. The van der Waals surface area contributed by atoms with Crippen molar-refractivity contribution in [2.24, 2.45) is 0 Å². The third kappa shape index (κ3) is 3.02. The van der Waals surface area contributed by atoms with Crippen LogP contribution in [0.25, 0.3) is 0 Å². The first-order valence-electron chi connectivity index (χ1n) is 5.84. The fraction of sp³-hybridized carbons (Fsp3) is 0.200. The molecule has 0 fully saturated rings. The molecule has 1 atom stereocenters. The largest absolute Gasteiger partial charge is 0.508 e. The molecular formula is C15H16O3. The van der Waals surface area contributed by atoms with Gasteiger partial charge in [0.05, 0.1) is 6.10 Å². The maximum Gasteiger partial charge on any atom is 0.125 e. The summed E-state index contributed by atoms with van der Waals surface area (Å²) in [7, 11) is 0. The lowest BCUT2D eigenvalue weighted by atomic mass is 10.1. The molecule has 0 radical (unpaired) electrons. The van der Waals surface area contributed by atoms with Gasteiger partial charge in [-0.1, -0.05) is 30.3 Å². The number of rotatable bonds is 4. The summed E-state index contributed by atoms with van der Waals surface area (Å²) in [5.41, 5.74) is 1.65. The van der Waals surface area contributed by atoms with E-state index >= 15 is 0 Å². The van der Waals surface area contributed by atoms with Gasteiger partial charge in [-0.15, -0.1) is 0 Å². The van der Waals surface area contributed by atoms with Crippen molar-refractivity contribution in [1.29, 1.82) is 0 Å². The van der Waals surface area contributed by atoms with Crippen molar-refractivity contribution >= 4 is 0 Å². The summed E-state index contributed by atoms with van der Waals surface area (Å²) >= 11 is 0. The zero-order chi connectivity index (χ0) is 13.0. The Morgan fingerprint density at radius 3 is 2.61 bits per heavy atom. The molecule has 3 heteroatoms. The molecule has 3 nitrogen and oxygen atoms in total. The highest BCUT2D eigenvalue weighted by molar-refractivity contribution is 5.35. The number of aliphatic hydroxyl groups is 1. The molecule has 0 heterocycles. The first-order valence-corrected chi connectivity index (χ1v) is 5.84. The number of aromatic hydroxyl groups is 1. The van der Waals surface area contributed by atoms with Gasteiger partial charge in [0.2, 0.25) is 0 Å². The number of benzene rings is 2. The highest BCUT2D eigenvalue weighted by Crippen LogP contribution is 2.25. The minimum atomic E-state index is -0.564. The molecule has 18 heavy (non-hydrogen) atoms. The molecule has 0 amide bonds. The molecule has 0 bridgehead atoms. The first kappa shape index (κ1) is 12.5. The fourth-order valence-corrected chi connectivity index (χ4v) is 1.76. The maximum absolute atomic E-state index is 9.63. The summed E-state index contributed by atoms with van der Waals surface area (Å²) in [6, 6.07) is 14.3. The quantitative estimate of drug-likeness (QED) is 0.869. The molecule has 1 unspecified atom stereocenters. The Hall–Kier alpha value is -2.00. The summed E-state index contributed by atoms with van der Waals surface area (Å²) in [5, 5.41) is 19.0. The Kier molecular flexibility index (Phi) is 3.85. The van der Waals surface area contributed by atoms with Crippen LogP contribution in [0.5, 0.6) is 11.5 Å². The standard InChI is InChI=1S/C15H16O3/c1-11(16)14-7-2-3-8-15(14)18-10-12-5-4-6-13(17)9-12/h2-9,11,16-17H,10H2,1H3. The summed E-state index contributed by atoms with van der Waals surface area (Å²) in [6.45, 7) is 2.06. The van der Waals surface area contributed by atoms with Crippen LogP contribution in [0.15, 0.2) is 48.5 Å². The SMILES string of the molecule is CC(O)c1ccccc1OCc1cccc(O)c1. The summed E-state index contributed by atoms with van der Waals surface area (Å²) in [6.07, 6.45) is -0.564. The second kappa shape index (κ2) is 5.56. The maximum atomic E-state index is 9.63. The normalized spacial score (nSPS) is 12.1. The number of hydrogen-bond acceptors (Lipinski definition) is 3. The van der Waals surface area contributed by atoms with E-state index in [1.807, 2.05) is 30.3 Å². The van der Waals surface area contributed by atoms with E-state index in [2.05, 4.69) is 0 Å². The minimum absolute atomic E-state index is 0.222. The van der Waals surface area contributed by atoms with E-state index < -0.39 is 6.10 Å². The second-order valence-electron chi connectivity index (χ2n) is 4.17. The highest BCUT2D eigenvalue weighted by atomic mass is 16.5. The molecule has 2 aromatic rings. The summed E-state index contributed by atoms with van der Waals surface area (Å²) in [5.74, 6) is 0.885. The monoisotopic (exact) mass is 244 g/mol. The predicted molar refractivity (Wildman–Crippen MR) is 69.5 cm³/mol. The lowest BCUT2D eigenvalue weighted by Crippen LogP contribution is -2.00. The minimum Gasteiger partial charge on any atom is -0.508 e. The van der Waals surface area contributed by atoms with E-state index in [0.29, 0.717) is 12.4 Å². The first-order chi connectivity index (χ1) is 8.66. The molecular weight excluding hydrogens is 228 g/mol. The van der Waals surface area contributed by atoms with Crippen molar-refractivity contribution in [3.8, 4) is 11.5 Å². The molecule has 0 aliphatic carbocycles. The average molecular weight is 244 g/mol. The van der Waals surface area contributed by atoms with Gasteiger partial charge in [0.25, 0.3) is 0 Å². The van der Waals surface area contributed by atoms with E-state index in [1.165, 1.54) is 0 Å². The molecule has 2 rings (SSSR count). The molecule has 0 spiro atoms. The van der Waals surface area contributed by atoms with Gasteiger partial charge in [-0.3, -0.25) is 0 Å². The van der Waals surface area contributed by atoms with Crippen LogP contribution in [0.1, 0.15) is 24.2 Å². The van der Waals surface area contributed by atoms with E-state index in [0.717, 1.165) is 11.1 Å². The van der Waals surface area contributed by atoms with Gasteiger partial charge in [-0.2, -0.15) is 0 Å². The Balaban J connectivity index is 2.11. The van der Waals surface area contributed by atoms with Crippen LogP contribution in [0, 0.1) is 0 Å². The van der Waals surface area contributed by atoms with Crippen molar-refractivity contribution in [3.63, 3.8) is 0 Å². The Morgan fingerprint density at radius 2 is 1.89 bits per heavy atom. The predicted octanol–water partition coefficient (Wildman–Crippen LogP) is 3.02. The zero-order valence-corrected chi connectivity index (χ0v) is 10.2. The lowest BCUT2D eigenvalue weighted by molar-refractivity contribution is 0.190. The lowest BCUT2D eigenvalue weighted by Gasteiger charge is -2.13. The van der Waals surface area contributed by atoms with Crippen LogP contribution in [-0.2, 0) is 6.61 Å². The number of para-hydroxylation sites is 1. The second-order valence-corrected chi connectivity index (χ2v) is 4.17. The number of phenols is 1. The van der Waals surface area contributed by atoms with Crippen molar-refractivity contribution in [2.75, 3.05) is 0 Å². The number of phenolic OH excluding ortho intramolecular Hbond substituents is 1. The number of ether oxygens (including phenoxy) is 1. The topological polar surface area (TPSA) is 49.7 Å². The fourth-order valence-electron chi connectivity index (χ4n) is 1.76. The number of aliphatic hydroxyl groups excluding tert-OH is 1. The van der Waals surface area contributed by atoms with Crippen molar-refractivity contribution in [2.45, 2.75) is 19.6 Å². The molecule has 0 saturated carbocycles. The highest BCUT2D eigenvalue weighted by Gasteiger charge is 2.08. The average Bonchev–Trinajstić information content (AvgIpc) is 2.37. The molecule has 0 saturated heterocycles. The van der Waals surface area contributed by atoms with Gasteiger partial charge in [0.15, 0.2) is 0 Å². The molecule has 94 valence electrons. The number of hydrogen-bond donors (Lipinski definition) is 2. The summed E-state index contributed by atoms with van der Waals surface area (Å²) < 4.78 is 5.67. The summed E-state index contributed by atoms with van der Waals surface area (Å²) in [4.78, 5) is 0. The molecule has 2 aromatic carbocycles. The zero-order valence-electron chi connectivity index (χ0n) is 10.2. The van der Waals surface area contributed by atoms with Crippen LogP contribution >= 0.6 is 0 Å². The Morgan fingerprint density at radius 1 is 1.11 bits per heavy atom. The van der Waals surface area contributed by atoms with Crippen LogP contribution in [-0.4, -0.2) is 10.2 Å². The Labute approximate surface area is 106 Å². The van der Waals surface area contributed by atoms with Gasteiger partial charge in [0.1, 0.15) is 18.1 Å². The van der Waals surface area contributed by atoms with Crippen LogP contribution < -0.4 is 4.74 Å². The van der Waals surface area contributed by atoms with E-state index in [4.69, 9.17) is 4.74 Å².